The third-order valence-electron chi connectivity index (χ3n) is 7.62. The second kappa shape index (κ2) is 14.6. The average molecular weight is 642 g/mol. The summed E-state index contributed by atoms with van der Waals surface area (Å²) in [7, 11) is -2.70. The second-order valence-corrected chi connectivity index (χ2v) is 14.3. The van der Waals surface area contributed by atoms with Gasteiger partial charge in [0.1, 0.15) is 18.3 Å². The van der Waals surface area contributed by atoms with E-state index in [1.165, 1.54) is 24.1 Å². The molecule has 1 atom stereocenters. The Bertz CT molecular complexity index is 1730. The van der Waals surface area contributed by atoms with Crippen molar-refractivity contribution >= 4 is 27.5 Å². The van der Waals surface area contributed by atoms with Crippen molar-refractivity contribution in [2.75, 3.05) is 18.0 Å². The summed E-state index contributed by atoms with van der Waals surface area (Å²) in [6, 6.07) is 29.3. The molecule has 242 valence electrons. The fraction of sp³-hybridized carbons (Fsp3) is 0.297. The van der Waals surface area contributed by atoms with E-state index in [1.54, 1.807) is 36.4 Å². The Morgan fingerprint density at radius 2 is 1.43 bits per heavy atom. The van der Waals surface area contributed by atoms with Gasteiger partial charge in [0.2, 0.25) is 11.8 Å². The lowest BCUT2D eigenvalue weighted by atomic mass is 10.00. The minimum atomic E-state index is -4.21. The van der Waals surface area contributed by atoms with Gasteiger partial charge in [-0.2, -0.15) is 0 Å². The topological polar surface area (TPSA) is 96.0 Å². The molecule has 1 N–H and O–H groups in total. The van der Waals surface area contributed by atoms with Gasteiger partial charge >= 0.3 is 0 Å². The van der Waals surface area contributed by atoms with E-state index in [1.807, 2.05) is 89.2 Å². The molecule has 8 nitrogen and oxygen atoms in total. The minimum absolute atomic E-state index is 0.0124. The summed E-state index contributed by atoms with van der Waals surface area (Å²) in [5, 5.41) is 3.06. The first-order chi connectivity index (χ1) is 21.8. The molecule has 9 heteroatoms. The van der Waals surface area contributed by atoms with Crippen LogP contribution in [0.15, 0.2) is 108 Å². The average Bonchev–Trinajstić information content (AvgIpc) is 3.02. The van der Waals surface area contributed by atoms with Crippen molar-refractivity contribution in [1.82, 2.24) is 10.2 Å². The van der Waals surface area contributed by atoms with Crippen molar-refractivity contribution in [3.05, 3.63) is 125 Å². The van der Waals surface area contributed by atoms with E-state index in [0.717, 1.165) is 26.6 Å². The van der Waals surface area contributed by atoms with Gasteiger partial charge in [-0.15, -0.1) is 0 Å². The van der Waals surface area contributed by atoms with Crippen LogP contribution in [0.25, 0.3) is 0 Å². The van der Waals surface area contributed by atoms with Crippen molar-refractivity contribution < 1.29 is 22.7 Å². The summed E-state index contributed by atoms with van der Waals surface area (Å²) in [4.78, 5) is 30.1. The highest BCUT2D eigenvalue weighted by atomic mass is 32.2. The fourth-order valence-corrected chi connectivity index (χ4v) is 6.51. The van der Waals surface area contributed by atoms with Crippen LogP contribution in [0.2, 0.25) is 0 Å². The number of hydrogen-bond acceptors (Lipinski definition) is 5. The number of rotatable bonds is 12. The number of sulfonamides is 1. The number of nitrogens with one attached hydrogen (secondary N) is 1. The number of carbonyl (C=O) groups is 2. The summed E-state index contributed by atoms with van der Waals surface area (Å²) < 4.78 is 34.8. The summed E-state index contributed by atoms with van der Waals surface area (Å²) >= 11 is 0. The summed E-state index contributed by atoms with van der Waals surface area (Å²) in [6.45, 7) is 9.12. The highest BCUT2D eigenvalue weighted by Crippen LogP contribution is 2.27. The van der Waals surface area contributed by atoms with Crippen LogP contribution < -0.4 is 14.4 Å². The zero-order chi connectivity index (χ0) is 33.5. The zero-order valence-corrected chi connectivity index (χ0v) is 28.2. The van der Waals surface area contributed by atoms with Crippen molar-refractivity contribution in [2.45, 2.75) is 64.1 Å². The van der Waals surface area contributed by atoms with Gasteiger partial charge in [0.05, 0.1) is 17.7 Å². The molecule has 2 amide bonds. The molecule has 4 aromatic rings. The molecule has 0 fully saturated rings. The minimum Gasteiger partial charge on any atom is -0.497 e. The Kier molecular flexibility index (Phi) is 10.9. The Hall–Kier alpha value is -4.63. The fourth-order valence-electron chi connectivity index (χ4n) is 5.09. The summed E-state index contributed by atoms with van der Waals surface area (Å²) in [6.07, 6.45) is 0.246. The molecular weight excluding hydrogens is 598 g/mol. The monoisotopic (exact) mass is 641 g/mol. The van der Waals surface area contributed by atoms with Gasteiger partial charge in [0, 0.05) is 18.5 Å². The van der Waals surface area contributed by atoms with Crippen LogP contribution in [0.1, 0.15) is 43.0 Å². The zero-order valence-electron chi connectivity index (χ0n) is 27.4. The van der Waals surface area contributed by atoms with E-state index < -0.39 is 34.1 Å². The molecule has 0 saturated heterocycles. The number of carbonyl (C=O) groups excluding carboxylic acids is 2. The molecule has 0 radical (unpaired) electrons. The third-order valence-corrected chi connectivity index (χ3v) is 9.41. The van der Waals surface area contributed by atoms with Crippen LogP contribution >= 0.6 is 0 Å². The normalized spacial score (nSPS) is 12.2. The van der Waals surface area contributed by atoms with Gasteiger partial charge < -0.3 is 15.0 Å². The molecule has 0 spiro atoms. The predicted molar refractivity (Wildman–Crippen MR) is 182 cm³/mol. The molecule has 0 bridgehead atoms. The molecule has 0 aliphatic rings. The van der Waals surface area contributed by atoms with Gasteiger partial charge in [-0.3, -0.25) is 13.9 Å². The van der Waals surface area contributed by atoms with Crippen LogP contribution in [0.3, 0.4) is 0 Å². The summed E-state index contributed by atoms with van der Waals surface area (Å²) in [5.41, 5.74) is 3.41. The van der Waals surface area contributed by atoms with E-state index in [9.17, 15) is 18.0 Å². The van der Waals surface area contributed by atoms with Gasteiger partial charge in [-0.25, -0.2) is 8.42 Å². The standard InChI is InChI=1S/C37H43N3O5S/c1-27-16-18-31(19-17-27)40(46(43,44)33-22-20-32(45-6)21-23-33)26-35(41)39(25-30-15-11-10-12-28(30)2)34(36(42)38-37(3,4)5)24-29-13-8-7-9-14-29/h7-23,34H,24-26H2,1-6H3,(H,38,42)/t34-/m1/s1. The number of benzene rings is 4. The first-order valence-corrected chi connectivity index (χ1v) is 16.7. The SMILES string of the molecule is COc1ccc(S(=O)(=O)N(CC(=O)N(Cc2ccccc2C)[C@H](Cc2ccccc2)C(=O)NC(C)(C)C)c2ccc(C)cc2)cc1. The molecule has 0 heterocycles. The predicted octanol–water partition coefficient (Wildman–Crippen LogP) is 6.06. The molecule has 46 heavy (non-hydrogen) atoms. The van der Waals surface area contributed by atoms with Crippen LogP contribution in [-0.2, 0) is 32.6 Å². The van der Waals surface area contributed by atoms with Crippen LogP contribution in [0, 0.1) is 13.8 Å². The number of aryl methyl sites for hydroxylation is 2. The molecule has 4 rings (SSSR count). The molecule has 0 saturated carbocycles. The Morgan fingerprint density at radius 1 is 0.826 bits per heavy atom. The van der Waals surface area contributed by atoms with Gasteiger partial charge in [0.25, 0.3) is 10.0 Å². The van der Waals surface area contributed by atoms with E-state index in [4.69, 9.17) is 4.74 Å². The van der Waals surface area contributed by atoms with Gasteiger partial charge in [0.15, 0.2) is 0 Å². The number of nitrogens with zero attached hydrogens (tertiary/aromatic N) is 2. The lowest BCUT2D eigenvalue weighted by Gasteiger charge is -2.35. The van der Waals surface area contributed by atoms with Gasteiger partial charge in [-0.1, -0.05) is 72.3 Å². The number of hydrogen-bond donors (Lipinski definition) is 1. The maximum absolute atomic E-state index is 14.6. The van der Waals surface area contributed by atoms with E-state index in [-0.39, 0.29) is 23.8 Å². The Morgan fingerprint density at radius 3 is 2.02 bits per heavy atom. The maximum atomic E-state index is 14.6. The highest BCUT2D eigenvalue weighted by Gasteiger charge is 2.35. The number of amides is 2. The molecule has 0 aliphatic carbocycles. The molecule has 0 unspecified atom stereocenters. The van der Waals surface area contributed by atoms with E-state index >= 15 is 0 Å². The first-order valence-electron chi connectivity index (χ1n) is 15.2. The molecule has 4 aromatic carbocycles. The van der Waals surface area contributed by atoms with Crippen molar-refractivity contribution in [3.8, 4) is 5.75 Å². The van der Waals surface area contributed by atoms with Crippen molar-refractivity contribution in [1.29, 1.82) is 0 Å². The highest BCUT2D eigenvalue weighted by molar-refractivity contribution is 7.92. The van der Waals surface area contributed by atoms with Gasteiger partial charge in [-0.05, 0) is 87.7 Å². The molecule has 0 aromatic heterocycles. The second-order valence-electron chi connectivity index (χ2n) is 12.4. The molecular formula is C37H43N3O5S. The van der Waals surface area contributed by atoms with Crippen LogP contribution in [0.4, 0.5) is 5.69 Å². The number of anilines is 1. The Labute approximate surface area is 273 Å². The smallest absolute Gasteiger partial charge is 0.264 e. The number of methoxy groups -OCH3 is 1. The quantitative estimate of drug-likeness (QED) is 0.203. The van der Waals surface area contributed by atoms with Crippen molar-refractivity contribution in [2.24, 2.45) is 0 Å². The third kappa shape index (κ3) is 8.75. The Balaban J connectivity index is 1.82. The summed E-state index contributed by atoms with van der Waals surface area (Å²) in [5.74, 6) is -0.320. The molecule has 0 aliphatic heterocycles. The lowest BCUT2D eigenvalue weighted by molar-refractivity contribution is -0.140. The van der Waals surface area contributed by atoms with Crippen molar-refractivity contribution in [3.63, 3.8) is 0 Å². The maximum Gasteiger partial charge on any atom is 0.264 e. The van der Waals surface area contributed by atoms with E-state index in [2.05, 4.69) is 5.32 Å². The first kappa shape index (κ1) is 34.2. The van der Waals surface area contributed by atoms with Crippen LogP contribution in [-0.4, -0.2) is 50.4 Å². The van der Waals surface area contributed by atoms with Crippen LogP contribution in [0.5, 0.6) is 5.75 Å². The lowest BCUT2D eigenvalue weighted by Crippen LogP contribution is -2.56. The largest absolute Gasteiger partial charge is 0.497 e. The number of ether oxygens (including phenoxy) is 1. The van der Waals surface area contributed by atoms with E-state index in [0.29, 0.717) is 11.4 Å².